The number of nitrogens with two attached hydrogens (primary N) is 1. The maximum Gasteiger partial charge on any atom is 0.409 e. The van der Waals surface area contributed by atoms with E-state index in [1.165, 1.54) is 13.2 Å². The summed E-state index contributed by atoms with van der Waals surface area (Å²) < 4.78 is 16.1. The minimum absolute atomic E-state index is 0.0979. The number of halogens is 1. The summed E-state index contributed by atoms with van der Waals surface area (Å²) in [6, 6.07) is 1.55. The van der Waals surface area contributed by atoms with E-state index in [1.807, 2.05) is 0 Å². The number of aliphatic hydroxyl groups is 2. The number of carboxylic acid groups (broad SMARTS) is 1. The van der Waals surface area contributed by atoms with Gasteiger partial charge in [0, 0.05) is 62.6 Å². The SMILES string of the molecule is COC(=O)N1CCC(N2CC3C(CNC(=O)c4cc(Cl)c(N)c5c4OCC5)C3(OC(=O)C(O)C(O)C(=O)O)C2)CC1. The van der Waals surface area contributed by atoms with Crippen molar-refractivity contribution in [3.05, 3.63) is 22.2 Å². The number of carbonyl (C=O) groups excluding carboxylic acids is 3. The molecule has 3 aliphatic heterocycles. The number of rotatable bonds is 8. The van der Waals surface area contributed by atoms with Gasteiger partial charge in [-0.1, -0.05) is 11.6 Å². The highest BCUT2D eigenvalue weighted by molar-refractivity contribution is 6.33. The summed E-state index contributed by atoms with van der Waals surface area (Å²) in [5.74, 6) is -3.60. The first-order valence-electron chi connectivity index (χ1n) is 13.4. The number of methoxy groups -OCH3 is 1. The predicted molar refractivity (Wildman–Crippen MR) is 141 cm³/mol. The van der Waals surface area contributed by atoms with Crippen LogP contribution in [-0.2, 0) is 25.5 Å². The highest BCUT2D eigenvalue weighted by Crippen LogP contribution is 2.59. The molecule has 5 rings (SSSR count). The molecule has 41 heavy (non-hydrogen) atoms. The van der Waals surface area contributed by atoms with Gasteiger partial charge in [-0.3, -0.25) is 9.69 Å². The van der Waals surface area contributed by atoms with Crippen LogP contribution in [-0.4, -0.2) is 119 Å². The van der Waals surface area contributed by atoms with Crippen molar-refractivity contribution in [1.29, 1.82) is 0 Å². The van der Waals surface area contributed by atoms with Gasteiger partial charge in [0.1, 0.15) is 11.4 Å². The number of nitrogens with zero attached hydrogens (tertiary/aromatic N) is 2. The van der Waals surface area contributed by atoms with Crippen LogP contribution in [0, 0.1) is 11.8 Å². The van der Waals surface area contributed by atoms with E-state index in [0.29, 0.717) is 62.5 Å². The monoisotopic (exact) mass is 596 g/mol. The van der Waals surface area contributed by atoms with Gasteiger partial charge in [-0.2, -0.15) is 0 Å². The van der Waals surface area contributed by atoms with E-state index in [-0.39, 0.29) is 41.6 Å². The molecule has 4 aliphatic rings. The average molecular weight is 597 g/mol. The molecule has 5 unspecified atom stereocenters. The standard InChI is InChI=1S/C26H33ClN4O10/c1-39-25(38)30-5-2-12(3-6-30)31-10-16-15(26(16,11-31)41-24(37)20(33)19(32)23(35)36)9-29-22(34)14-8-17(27)18(28)13-4-7-40-21(13)14/h8,12,15-16,19-20,32-33H,2-7,9-11,28H2,1H3,(H,29,34)(H,35,36). The number of nitrogens with one attached hydrogen (secondary N) is 1. The maximum absolute atomic E-state index is 13.2. The Bertz CT molecular complexity index is 1260. The zero-order valence-corrected chi connectivity index (χ0v) is 23.1. The second kappa shape index (κ2) is 11.2. The topological polar surface area (TPSA) is 201 Å². The van der Waals surface area contributed by atoms with Crippen molar-refractivity contribution < 1.29 is 48.7 Å². The zero-order valence-electron chi connectivity index (χ0n) is 22.4. The number of fused-ring (bicyclic) bond motifs is 2. The third-order valence-electron chi connectivity index (χ3n) is 8.71. The number of esters is 1. The number of anilines is 1. The maximum atomic E-state index is 13.2. The van der Waals surface area contributed by atoms with Gasteiger partial charge in [0.05, 0.1) is 30.0 Å². The summed E-state index contributed by atoms with van der Waals surface area (Å²) in [6.07, 6.45) is -3.12. The van der Waals surface area contributed by atoms with E-state index >= 15 is 0 Å². The Morgan fingerprint density at radius 3 is 2.61 bits per heavy atom. The minimum Gasteiger partial charge on any atom is -0.492 e. The van der Waals surface area contributed by atoms with E-state index < -0.39 is 41.7 Å². The van der Waals surface area contributed by atoms with E-state index in [0.717, 1.165) is 0 Å². The number of amides is 2. The molecule has 0 spiro atoms. The van der Waals surface area contributed by atoms with E-state index in [4.69, 9.17) is 36.7 Å². The molecule has 1 aromatic rings. The van der Waals surface area contributed by atoms with Crippen molar-refractivity contribution in [2.24, 2.45) is 11.8 Å². The fourth-order valence-electron chi connectivity index (χ4n) is 6.39. The van der Waals surface area contributed by atoms with Crippen molar-refractivity contribution in [2.45, 2.75) is 43.1 Å². The van der Waals surface area contributed by atoms with Crippen molar-refractivity contribution >= 4 is 41.2 Å². The summed E-state index contributed by atoms with van der Waals surface area (Å²) in [6.45, 7) is 2.33. The normalized spacial score (nSPS) is 26.8. The molecule has 224 valence electrons. The van der Waals surface area contributed by atoms with Crippen molar-refractivity contribution in [1.82, 2.24) is 15.1 Å². The van der Waals surface area contributed by atoms with E-state index in [2.05, 4.69) is 10.2 Å². The average Bonchev–Trinajstić information content (AvgIpc) is 3.30. The Labute approximate surface area is 240 Å². The Kier molecular flexibility index (Phi) is 7.94. The Morgan fingerprint density at radius 2 is 1.95 bits per heavy atom. The number of carbonyl (C=O) groups is 4. The molecule has 14 nitrogen and oxygen atoms in total. The number of ether oxygens (including phenoxy) is 3. The molecule has 1 saturated carbocycles. The van der Waals surface area contributed by atoms with Crippen molar-refractivity contribution in [2.75, 3.05) is 52.2 Å². The number of benzene rings is 1. The lowest BCUT2D eigenvalue weighted by Crippen LogP contribution is -2.49. The number of aliphatic hydroxyl groups excluding tert-OH is 2. The Balaban J connectivity index is 1.28. The number of hydrogen-bond acceptors (Lipinski definition) is 11. The third-order valence-corrected chi connectivity index (χ3v) is 9.02. The van der Waals surface area contributed by atoms with Crippen LogP contribution in [0.25, 0.3) is 0 Å². The van der Waals surface area contributed by atoms with Gasteiger partial charge in [-0.05, 0) is 18.9 Å². The Hall–Kier alpha value is -3.33. The molecule has 15 heteroatoms. The summed E-state index contributed by atoms with van der Waals surface area (Å²) in [7, 11) is 1.33. The van der Waals surface area contributed by atoms with Gasteiger partial charge in [0.2, 0.25) is 0 Å². The summed E-state index contributed by atoms with van der Waals surface area (Å²) in [5, 5.41) is 31.9. The quantitative estimate of drug-likeness (QED) is 0.190. The first-order chi connectivity index (χ1) is 19.5. The summed E-state index contributed by atoms with van der Waals surface area (Å²) in [4.78, 5) is 52.6. The molecule has 0 bridgehead atoms. The van der Waals surface area contributed by atoms with E-state index in [1.54, 1.807) is 4.90 Å². The fourth-order valence-corrected chi connectivity index (χ4v) is 6.61. The van der Waals surface area contributed by atoms with Crippen molar-refractivity contribution in [3.63, 3.8) is 0 Å². The third kappa shape index (κ3) is 5.25. The van der Waals surface area contributed by atoms with Gasteiger partial charge < -0.3 is 45.5 Å². The first-order valence-corrected chi connectivity index (χ1v) is 13.8. The number of piperidine rings is 2. The molecule has 3 fully saturated rings. The summed E-state index contributed by atoms with van der Waals surface area (Å²) >= 11 is 6.24. The molecule has 5 atom stereocenters. The van der Waals surface area contributed by atoms with Gasteiger partial charge in [-0.25, -0.2) is 14.4 Å². The highest BCUT2D eigenvalue weighted by Gasteiger charge is 2.72. The molecular weight excluding hydrogens is 564 g/mol. The Morgan fingerprint density at radius 1 is 1.24 bits per heavy atom. The second-order valence-corrected chi connectivity index (χ2v) is 11.3. The van der Waals surface area contributed by atoms with Crippen LogP contribution in [0.1, 0.15) is 28.8 Å². The van der Waals surface area contributed by atoms with Crippen LogP contribution >= 0.6 is 11.6 Å². The van der Waals surface area contributed by atoms with E-state index in [9.17, 15) is 29.4 Å². The van der Waals surface area contributed by atoms with Gasteiger partial charge in [-0.15, -0.1) is 0 Å². The van der Waals surface area contributed by atoms with Crippen LogP contribution in [0.2, 0.25) is 5.02 Å². The number of likely N-dealkylation sites (tertiary alicyclic amines) is 2. The lowest BCUT2D eigenvalue weighted by molar-refractivity contribution is -0.176. The molecule has 1 aliphatic carbocycles. The van der Waals surface area contributed by atoms with Crippen LogP contribution in [0.3, 0.4) is 0 Å². The molecule has 6 N–H and O–H groups in total. The van der Waals surface area contributed by atoms with Crippen LogP contribution in [0.15, 0.2) is 6.07 Å². The number of nitrogen functional groups attached to an aromatic ring is 1. The van der Waals surface area contributed by atoms with Gasteiger partial charge in [0.25, 0.3) is 5.91 Å². The van der Waals surface area contributed by atoms with Gasteiger partial charge in [0.15, 0.2) is 12.2 Å². The lowest BCUT2D eigenvalue weighted by atomic mass is 10.0. The fraction of sp³-hybridized carbons (Fsp3) is 0.615. The van der Waals surface area contributed by atoms with Gasteiger partial charge >= 0.3 is 18.0 Å². The van der Waals surface area contributed by atoms with Crippen LogP contribution in [0.5, 0.6) is 5.75 Å². The zero-order chi connectivity index (χ0) is 29.6. The molecule has 3 heterocycles. The smallest absolute Gasteiger partial charge is 0.409 e. The molecule has 2 amide bonds. The van der Waals surface area contributed by atoms with Crippen LogP contribution < -0.4 is 15.8 Å². The summed E-state index contributed by atoms with van der Waals surface area (Å²) in [5.41, 5.74) is 6.23. The molecule has 1 aromatic carbocycles. The number of hydrogen-bond donors (Lipinski definition) is 5. The number of aliphatic carboxylic acids is 1. The molecule has 0 aromatic heterocycles. The first kappa shape index (κ1) is 29.2. The largest absolute Gasteiger partial charge is 0.492 e. The molecular formula is C26H33ClN4O10. The molecule has 2 saturated heterocycles. The lowest BCUT2D eigenvalue weighted by Gasteiger charge is -2.37. The number of carboxylic acids is 1. The predicted octanol–water partition coefficient (Wildman–Crippen LogP) is -0.532. The second-order valence-electron chi connectivity index (χ2n) is 10.9. The van der Waals surface area contributed by atoms with Crippen LogP contribution in [0.4, 0.5) is 10.5 Å². The minimum atomic E-state index is -2.34. The highest BCUT2D eigenvalue weighted by atomic mass is 35.5. The van der Waals surface area contributed by atoms with Crippen molar-refractivity contribution in [3.8, 4) is 5.75 Å². The molecule has 0 radical (unpaired) electrons.